The summed E-state index contributed by atoms with van der Waals surface area (Å²) in [5.41, 5.74) is 1.46. The summed E-state index contributed by atoms with van der Waals surface area (Å²) in [7, 11) is 0. The monoisotopic (exact) mass is 307 g/mol. The number of aromatic nitrogens is 1. The van der Waals surface area contributed by atoms with Crippen LogP contribution in [0, 0.1) is 0 Å². The van der Waals surface area contributed by atoms with E-state index in [1.807, 2.05) is 36.0 Å². The van der Waals surface area contributed by atoms with Crippen molar-refractivity contribution in [1.82, 2.24) is 9.47 Å². The van der Waals surface area contributed by atoms with Crippen LogP contribution in [0.15, 0.2) is 42.7 Å². The number of amides is 2. The first kappa shape index (κ1) is 15.4. The van der Waals surface area contributed by atoms with Gasteiger partial charge in [-0.1, -0.05) is 11.6 Å². The van der Waals surface area contributed by atoms with Crippen LogP contribution < -0.4 is 5.32 Å². The number of hydrogen-bond acceptors (Lipinski definition) is 2. The highest BCUT2D eigenvalue weighted by atomic mass is 35.5. The SMILES string of the molecule is CCN(CCO)C(=O)Nc1ccc(Cl)cc1-n1cccc1. The number of benzene rings is 1. The second kappa shape index (κ2) is 7.15. The average Bonchev–Trinajstić information content (AvgIpc) is 3.00. The largest absolute Gasteiger partial charge is 0.395 e. The van der Waals surface area contributed by atoms with Crippen LogP contribution in [0.2, 0.25) is 5.02 Å². The average molecular weight is 308 g/mol. The van der Waals surface area contributed by atoms with Gasteiger partial charge in [0.05, 0.1) is 18.0 Å². The number of nitrogens with one attached hydrogen (secondary N) is 1. The molecule has 1 heterocycles. The topological polar surface area (TPSA) is 57.5 Å². The van der Waals surface area contributed by atoms with Crippen molar-refractivity contribution in [3.8, 4) is 5.69 Å². The molecule has 2 aromatic rings. The van der Waals surface area contributed by atoms with E-state index in [4.69, 9.17) is 16.7 Å². The predicted octanol–water partition coefficient (Wildman–Crippen LogP) is 2.98. The minimum Gasteiger partial charge on any atom is -0.395 e. The van der Waals surface area contributed by atoms with Crippen LogP contribution in [0.3, 0.4) is 0 Å². The summed E-state index contributed by atoms with van der Waals surface area (Å²) in [5, 5.41) is 12.4. The smallest absolute Gasteiger partial charge is 0.321 e. The number of urea groups is 1. The van der Waals surface area contributed by atoms with Crippen molar-refractivity contribution in [1.29, 1.82) is 0 Å². The lowest BCUT2D eigenvalue weighted by molar-refractivity contribution is 0.192. The van der Waals surface area contributed by atoms with Gasteiger partial charge in [-0.05, 0) is 37.3 Å². The number of rotatable bonds is 5. The molecular weight excluding hydrogens is 290 g/mol. The summed E-state index contributed by atoms with van der Waals surface area (Å²) >= 11 is 6.04. The number of halogens is 1. The van der Waals surface area contributed by atoms with Gasteiger partial charge in [0.25, 0.3) is 0 Å². The molecule has 0 unspecified atom stereocenters. The molecule has 21 heavy (non-hydrogen) atoms. The molecule has 0 spiro atoms. The zero-order valence-corrected chi connectivity index (χ0v) is 12.5. The number of carbonyl (C=O) groups is 1. The van der Waals surface area contributed by atoms with Crippen LogP contribution in [0.4, 0.5) is 10.5 Å². The van der Waals surface area contributed by atoms with Crippen LogP contribution >= 0.6 is 11.6 Å². The Hall–Kier alpha value is -1.98. The number of carbonyl (C=O) groups excluding carboxylic acids is 1. The maximum absolute atomic E-state index is 12.2. The Labute approximate surface area is 128 Å². The Morgan fingerprint density at radius 3 is 2.71 bits per heavy atom. The fourth-order valence-corrected chi connectivity index (χ4v) is 2.20. The molecule has 0 aliphatic heterocycles. The van der Waals surface area contributed by atoms with Gasteiger partial charge in [0.1, 0.15) is 0 Å². The summed E-state index contributed by atoms with van der Waals surface area (Å²) in [6.45, 7) is 2.63. The number of hydrogen-bond donors (Lipinski definition) is 2. The van der Waals surface area contributed by atoms with Crippen molar-refractivity contribution in [3.63, 3.8) is 0 Å². The van der Waals surface area contributed by atoms with Gasteiger partial charge in [0, 0.05) is 30.5 Å². The van der Waals surface area contributed by atoms with E-state index in [-0.39, 0.29) is 12.6 Å². The molecular formula is C15H18ClN3O2. The van der Waals surface area contributed by atoms with Crippen molar-refractivity contribution in [2.75, 3.05) is 25.0 Å². The fourth-order valence-electron chi connectivity index (χ4n) is 2.04. The summed E-state index contributed by atoms with van der Waals surface area (Å²) in [6, 6.07) is 8.84. The lowest BCUT2D eigenvalue weighted by atomic mass is 10.2. The molecule has 0 aliphatic carbocycles. The summed E-state index contributed by atoms with van der Waals surface area (Å²) in [6.07, 6.45) is 3.76. The molecule has 0 bridgehead atoms. The third-order valence-electron chi connectivity index (χ3n) is 3.12. The molecule has 0 radical (unpaired) electrons. The summed E-state index contributed by atoms with van der Waals surface area (Å²) in [5.74, 6) is 0. The van der Waals surface area contributed by atoms with Crippen molar-refractivity contribution >= 4 is 23.3 Å². The molecule has 2 N–H and O–H groups in total. The van der Waals surface area contributed by atoms with Gasteiger partial charge >= 0.3 is 6.03 Å². The van der Waals surface area contributed by atoms with Crippen LogP contribution in [-0.4, -0.2) is 40.3 Å². The first-order valence-electron chi connectivity index (χ1n) is 6.75. The second-order valence-electron chi connectivity index (χ2n) is 4.49. The van der Waals surface area contributed by atoms with Crippen molar-refractivity contribution in [3.05, 3.63) is 47.7 Å². The van der Waals surface area contributed by atoms with E-state index in [1.54, 1.807) is 18.2 Å². The van der Waals surface area contributed by atoms with E-state index in [1.165, 1.54) is 4.90 Å². The highest BCUT2D eigenvalue weighted by molar-refractivity contribution is 6.30. The second-order valence-corrected chi connectivity index (χ2v) is 4.92. The standard InChI is InChI=1S/C15H18ClN3O2/c1-2-18(9-10-20)15(21)17-13-6-5-12(16)11-14(13)19-7-3-4-8-19/h3-8,11,20H,2,9-10H2,1H3,(H,17,21). The van der Waals surface area contributed by atoms with Gasteiger partial charge in [-0.15, -0.1) is 0 Å². The maximum Gasteiger partial charge on any atom is 0.321 e. The first-order valence-corrected chi connectivity index (χ1v) is 7.13. The molecule has 112 valence electrons. The Bertz CT molecular complexity index is 599. The van der Waals surface area contributed by atoms with Gasteiger partial charge < -0.3 is 19.9 Å². The highest BCUT2D eigenvalue weighted by Gasteiger charge is 2.13. The minimum absolute atomic E-state index is 0.0632. The van der Waals surface area contributed by atoms with Crippen molar-refractivity contribution in [2.45, 2.75) is 6.92 Å². The Morgan fingerprint density at radius 1 is 1.38 bits per heavy atom. The third-order valence-corrected chi connectivity index (χ3v) is 3.36. The predicted molar refractivity (Wildman–Crippen MR) is 84.1 cm³/mol. The molecule has 0 atom stereocenters. The van der Waals surface area contributed by atoms with Crippen LogP contribution in [0.1, 0.15) is 6.92 Å². The highest BCUT2D eigenvalue weighted by Crippen LogP contribution is 2.25. The lowest BCUT2D eigenvalue weighted by Gasteiger charge is -2.21. The van der Waals surface area contributed by atoms with E-state index in [9.17, 15) is 4.79 Å². The molecule has 0 saturated carbocycles. The van der Waals surface area contributed by atoms with E-state index >= 15 is 0 Å². The fraction of sp³-hybridized carbons (Fsp3) is 0.267. The lowest BCUT2D eigenvalue weighted by Crippen LogP contribution is -2.37. The van der Waals surface area contributed by atoms with E-state index < -0.39 is 0 Å². The third kappa shape index (κ3) is 3.77. The minimum atomic E-state index is -0.248. The molecule has 2 amide bonds. The van der Waals surface area contributed by atoms with Gasteiger partial charge in [0.2, 0.25) is 0 Å². The van der Waals surface area contributed by atoms with Crippen LogP contribution in [0.25, 0.3) is 5.69 Å². The summed E-state index contributed by atoms with van der Waals surface area (Å²) in [4.78, 5) is 13.7. The Balaban J connectivity index is 2.26. The molecule has 0 aliphatic rings. The molecule has 1 aromatic carbocycles. The Morgan fingerprint density at radius 2 is 2.10 bits per heavy atom. The van der Waals surface area contributed by atoms with Crippen LogP contribution in [0.5, 0.6) is 0 Å². The number of likely N-dealkylation sites (N-methyl/N-ethyl adjacent to an activating group) is 1. The zero-order chi connectivity index (χ0) is 15.2. The number of aliphatic hydroxyl groups excluding tert-OH is 1. The molecule has 1 aromatic heterocycles. The normalized spacial score (nSPS) is 10.4. The van der Waals surface area contributed by atoms with Crippen LogP contribution in [-0.2, 0) is 0 Å². The first-order chi connectivity index (χ1) is 10.2. The van der Waals surface area contributed by atoms with Gasteiger partial charge in [-0.3, -0.25) is 0 Å². The van der Waals surface area contributed by atoms with Gasteiger partial charge in [0.15, 0.2) is 0 Å². The maximum atomic E-state index is 12.2. The summed E-state index contributed by atoms with van der Waals surface area (Å²) < 4.78 is 1.88. The van der Waals surface area contributed by atoms with Crippen molar-refractivity contribution in [2.24, 2.45) is 0 Å². The molecule has 2 rings (SSSR count). The number of aliphatic hydroxyl groups is 1. The number of nitrogens with zero attached hydrogens (tertiary/aromatic N) is 2. The van der Waals surface area contributed by atoms with E-state index in [0.29, 0.717) is 23.8 Å². The van der Waals surface area contributed by atoms with Crippen molar-refractivity contribution < 1.29 is 9.90 Å². The Kier molecular flexibility index (Phi) is 5.25. The molecule has 6 heteroatoms. The zero-order valence-electron chi connectivity index (χ0n) is 11.8. The molecule has 5 nitrogen and oxygen atoms in total. The quantitative estimate of drug-likeness (QED) is 0.892. The van der Waals surface area contributed by atoms with Gasteiger partial charge in [-0.25, -0.2) is 4.79 Å². The molecule has 0 saturated heterocycles. The molecule has 0 fully saturated rings. The van der Waals surface area contributed by atoms with E-state index in [2.05, 4.69) is 5.32 Å². The van der Waals surface area contributed by atoms with Gasteiger partial charge in [-0.2, -0.15) is 0 Å². The number of anilines is 1. The van der Waals surface area contributed by atoms with E-state index in [0.717, 1.165) is 5.69 Å².